The second-order valence-corrected chi connectivity index (χ2v) is 6.27. The van der Waals surface area contributed by atoms with Gasteiger partial charge >= 0.3 is 0 Å². The van der Waals surface area contributed by atoms with Gasteiger partial charge in [-0.1, -0.05) is 0 Å². The van der Waals surface area contributed by atoms with E-state index >= 15 is 0 Å². The average Bonchev–Trinajstić information content (AvgIpc) is 2.38. The van der Waals surface area contributed by atoms with Crippen molar-refractivity contribution in [3.63, 3.8) is 0 Å². The van der Waals surface area contributed by atoms with Crippen LogP contribution in [0.15, 0.2) is 23.4 Å². The number of aromatic nitrogens is 1. The molecule has 0 spiro atoms. The van der Waals surface area contributed by atoms with Crippen molar-refractivity contribution >= 4 is 27.5 Å². The van der Waals surface area contributed by atoms with Crippen molar-refractivity contribution in [1.29, 1.82) is 0 Å². The van der Waals surface area contributed by atoms with E-state index in [0.717, 1.165) is 18.6 Å². The van der Waals surface area contributed by atoms with E-state index in [2.05, 4.69) is 15.1 Å². The first kappa shape index (κ1) is 15.2. The molecule has 0 unspecified atom stereocenters. The van der Waals surface area contributed by atoms with Crippen LogP contribution >= 0.6 is 11.8 Å². The smallest absolute Gasteiger partial charge is 0.260 e. The first-order valence-electron chi connectivity index (χ1n) is 5.52. The van der Waals surface area contributed by atoms with E-state index in [1.165, 1.54) is 6.20 Å². The van der Waals surface area contributed by atoms with Gasteiger partial charge in [-0.05, 0) is 37.0 Å². The molecule has 4 N–H and O–H groups in total. The molecule has 0 atom stereocenters. The van der Waals surface area contributed by atoms with E-state index in [4.69, 9.17) is 5.84 Å². The molecule has 0 bridgehead atoms. The summed E-state index contributed by atoms with van der Waals surface area (Å²) >= 11 is 1.75. The third-order valence-electron chi connectivity index (χ3n) is 2.25. The fraction of sp³-hybridized carbons (Fsp3) is 0.500. The Labute approximate surface area is 112 Å². The van der Waals surface area contributed by atoms with E-state index < -0.39 is 10.0 Å². The zero-order valence-corrected chi connectivity index (χ0v) is 11.9. The molecule has 1 aromatic rings. The monoisotopic (exact) mass is 290 g/mol. The number of hydrazine groups is 1. The van der Waals surface area contributed by atoms with Crippen molar-refractivity contribution in [3.8, 4) is 0 Å². The van der Waals surface area contributed by atoms with Crippen molar-refractivity contribution in [3.05, 3.63) is 18.3 Å². The minimum atomic E-state index is -3.60. The van der Waals surface area contributed by atoms with Crippen LogP contribution in [0.4, 0.5) is 5.69 Å². The molecule has 1 heterocycles. The zero-order valence-electron chi connectivity index (χ0n) is 10.2. The summed E-state index contributed by atoms with van der Waals surface area (Å²) in [7, 11) is -3.60. The summed E-state index contributed by atoms with van der Waals surface area (Å²) in [6, 6.07) is 3.18. The van der Waals surface area contributed by atoms with Gasteiger partial charge in [-0.25, -0.2) is 18.1 Å². The Morgan fingerprint density at radius 2 is 2.22 bits per heavy atom. The Hall–Kier alpha value is -0.830. The van der Waals surface area contributed by atoms with Crippen molar-refractivity contribution in [2.45, 2.75) is 17.9 Å². The molecule has 102 valence electrons. The van der Waals surface area contributed by atoms with Gasteiger partial charge in [-0.15, -0.1) is 0 Å². The second-order valence-electron chi connectivity index (χ2n) is 3.60. The molecule has 1 aromatic heterocycles. The summed E-state index contributed by atoms with van der Waals surface area (Å²) in [6.07, 6.45) is 5.23. The molecule has 0 aliphatic heterocycles. The van der Waals surface area contributed by atoms with E-state index in [9.17, 15) is 8.42 Å². The molecule has 8 heteroatoms. The van der Waals surface area contributed by atoms with Crippen molar-refractivity contribution < 1.29 is 8.42 Å². The number of hydrogen-bond acceptors (Lipinski definition) is 6. The highest BCUT2D eigenvalue weighted by Gasteiger charge is 2.18. The van der Waals surface area contributed by atoms with Gasteiger partial charge in [0.25, 0.3) is 10.0 Å². The van der Waals surface area contributed by atoms with E-state index in [0.29, 0.717) is 6.54 Å². The Kier molecular flexibility index (Phi) is 6.41. The summed E-state index contributed by atoms with van der Waals surface area (Å²) in [6.45, 7) is 0.406. The van der Waals surface area contributed by atoms with E-state index in [-0.39, 0.29) is 10.7 Å². The minimum absolute atomic E-state index is 0.0719. The van der Waals surface area contributed by atoms with Crippen LogP contribution in [0.5, 0.6) is 0 Å². The maximum atomic E-state index is 12.0. The lowest BCUT2D eigenvalue weighted by Crippen LogP contribution is -2.27. The summed E-state index contributed by atoms with van der Waals surface area (Å²) in [4.78, 5) is 3.84. The first-order chi connectivity index (χ1) is 8.61. The number of hydrogen-bond donors (Lipinski definition) is 3. The van der Waals surface area contributed by atoms with Crippen LogP contribution in [-0.4, -0.2) is 32.0 Å². The number of unbranched alkanes of at least 4 members (excludes halogenated alkanes) is 1. The number of nitrogen functional groups attached to an aromatic ring is 1. The predicted octanol–water partition coefficient (Wildman–Crippen LogP) is 0.789. The van der Waals surface area contributed by atoms with E-state index in [1.807, 2.05) is 6.26 Å². The Morgan fingerprint density at radius 3 is 2.89 bits per heavy atom. The molecule has 0 amide bonds. The summed E-state index contributed by atoms with van der Waals surface area (Å²) in [5.41, 5.74) is 2.61. The largest absolute Gasteiger partial charge is 0.321 e. The number of nitrogens with two attached hydrogens (primary N) is 1. The number of nitrogens with zero attached hydrogens (tertiary/aromatic N) is 1. The van der Waals surface area contributed by atoms with Gasteiger partial charge in [-0.3, -0.25) is 5.84 Å². The standard InChI is InChI=1S/C10H18N4O2S2/c1-17-8-3-2-7-13-18(15,16)10-9(14-11)5-4-6-12-10/h4-6,13-14H,2-3,7-8,11H2,1H3. The number of sulfonamides is 1. The average molecular weight is 290 g/mol. The lowest BCUT2D eigenvalue weighted by molar-refractivity contribution is 0.575. The van der Waals surface area contributed by atoms with Crippen LogP contribution < -0.4 is 16.0 Å². The molecule has 0 aromatic carbocycles. The molecule has 0 saturated heterocycles. The van der Waals surface area contributed by atoms with E-state index in [1.54, 1.807) is 23.9 Å². The quantitative estimate of drug-likeness (QED) is 0.372. The Balaban J connectivity index is 2.63. The molecule has 0 fully saturated rings. The lowest BCUT2D eigenvalue weighted by atomic mass is 10.3. The molecule has 0 saturated carbocycles. The minimum Gasteiger partial charge on any atom is -0.321 e. The van der Waals surface area contributed by atoms with Gasteiger partial charge < -0.3 is 5.43 Å². The van der Waals surface area contributed by atoms with Crippen molar-refractivity contribution in [2.75, 3.05) is 24.0 Å². The normalized spacial score (nSPS) is 11.4. The molecule has 6 nitrogen and oxygen atoms in total. The van der Waals surface area contributed by atoms with Crippen molar-refractivity contribution in [2.24, 2.45) is 5.84 Å². The van der Waals surface area contributed by atoms with Crippen molar-refractivity contribution in [1.82, 2.24) is 9.71 Å². The summed E-state index contributed by atoms with van der Waals surface area (Å²) in [5, 5.41) is -0.0719. The van der Waals surface area contributed by atoms with Crippen LogP contribution in [-0.2, 0) is 10.0 Å². The summed E-state index contributed by atoms with van der Waals surface area (Å²) in [5.74, 6) is 6.29. The molecule has 1 rings (SSSR count). The molecule has 18 heavy (non-hydrogen) atoms. The topological polar surface area (TPSA) is 97.1 Å². The van der Waals surface area contributed by atoms with Gasteiger partial charge in [0.2, 0.25) is 0 Å². The maximum absolute atomic E-state index is 12.0. The van der Waals surface area contributed by atoms with Gasteiger partial charge in [0.1, 0.15) is 0 Å². The van der Waals surface area contributed by atoms with Gasteiger partial charge in [-0.2, -0.15) is 11.8 Å². The lowest BCUT2D eigenvalue weighted by Gasteiger charge is -2.09. The fourth-order valence-corrected chi connectivity index (χ4v) is 3.02. The maximum Gasteiger partial charge on any atom is 0.260 e. The number of thioether (sulfide) groups is 1. The Morgan fingerprint density at radius 1 is 1.44 bits per heavy atom. The molecular formula is C10H18N4O2S2. The SMILES string of the molecule is CSCCCCNS(=O)(=O)c1ncccc1NN. The van der Waals surface area contributed by atoms with Gasteiger partial charge in [0.15, 0.2) is 5.03 Å². The summed E-state index contributed by atoms with van der Waals surface area (Å²) < 4.78 is 26.5. The van der Waals surface area contributed by atoms with Crippen LogP contribution in [0.1, 0.15) is 12.8 Å². The van der Waals surface area contributed by atoms with Crippen LogP contribution in [0.2, 0.25) is 0 Å². The first-order valence-corrected chi connectivity index (χ1v) is 8.39. The molecular weight excluding hydrogens is 272 g/mol. The van der Waals surface area contributed by atoms with Crippen LogP contribution in [0.25, 0.3) is 0 Å². The van der Waals surface area contributed by atoms with Gasteiger partial charge in [0.05, 0.1) is 5.69 Å². The predicted molar refractivity (Wildman–Crippen MR) is 74.9 cm³/mol. The number of rotatable bonds is 8. The highest BCUT2D eigenvalue weighted by atomic mass is 32.2. The number of nitrogens with one attached hydrogen (secondary N) is 2. The third-order valence-corrected chi connectivity index (χ3v) is 4.36. The number of pyridine rings is 1. The van der Waals surface area contributed by atoms with Crippen LogP contribution in [0, 0.1) is 0 Å². The Bertz CT molecular complexity index is 465. The van der Waals surface area contributed by atoms with Gasteiger partial charge in [0, 0.05) is 12.7 Å². The highest BCUT2D eigenvalue weighted by molar-refractivity contribution is 7.98. The molecule has 0 radical (unpaired) electrons. The second kappa shape index (κ2) is 7.57. The zero-order chi connectivity index (χ0) is 13.4. The fourth-order valence-electron chi connectivity index (χ4n) is 1.36. The third kappa shape index (κ3) is 4.45. The molecule has 0 aliphatic rings. The van der Waals surface area contributed by atoms with Crippen LogP contribution in [0.3, 0.4) is 0 Å². The number of anilines is 1. The highest BCUT2D eigenvalue weighted by Crippen LogP contribution is 2.16. The molecule has 0 aliphatic carbocycles.